The van der Waals surface area contributed by atoms with E-state index in [1.54, 1.807) is 17.3 Å². The fraction of sp³-hybridized carbons (Fsp3) is 0.643. The molecule has 1 saturated carbocycles. The van der Waals surface area contributed by atoms with E-state index in [2.05, 4.69) is 9.97 Å². The van der Waals surface area contributed by atoms with Crippen molar-refractivity contribution >= 4 is 11.9 Å². The average molecular weight is 277 g/mol. The summed E-state index contributed by atoms with van der Waals surface area (Å²) in [7, 11) is 0. The molecule has 1 aliphatic carbocycles. The summed E-state index contributed by atoms with van der Waals surface area (Å²) in [6.07, 6.45) is 5.24. The Bertz CT molecular complexity index is 538. The predicted molar refractivity (Wildman–Crippen MR) is 70.7 cm³/mol. The van der Waals surface area contributed by atoms with Gasteiger partial charge in [0.1, 0.15) is 5.82 Å². The summed E-state index contributed by atoms with van der Waals surface area (Å²) in [5.74, 6) is -1.09. The summed E-state index contributed by atoms with van der Waals surface area (Å²) < 4.78 is 0. The molecule has 1 aromatic rings. The number of aliphatic carboxylic acids is 1. The summed E-state index contributed by atoms with van der Waals surface area (Å²) >= 11 is 0. The van der Waals surface area contributed by atoms with Crippen molar-refractivity contribution in [1.82, 2.24) is 14.9 Å². The number of hydrogen-bond donors (Lipinski definition) is 2. The lowest BCUT2D eigenvalue weighted by Crippen LogP contribution is -2.33. The van der Waals surface area contributed by atoms with Crippen LogP contribution in [0.5, 0.6) is 0 Å². The first-order chi connectivity index (χ1) is 9.44. The van der Waals surface area contributed by atoms with Crippen LogP contribution in [0.25, 0.3) is 0 Å². The summed E-state index contributed by atoms with van der Waals surface area (Å²) in [6.45, 7) is 4.39. The molecule has 0 spiro atoms. The molecule has 1 aliphatic heterocycles. The van der Waals surface area contributed by atoms with Crippen molar-refractivity contribution in [1.29, 1.82) is 0 Å². The van der Waals surface area contributed by atoms with Gasteiger partial charge < -0.3 is 15.0 Å². The van der Waals surface area contributed by atoms with E-state index in [-0.39, 0.29) is 11.9 Å². The molecule has 6 nitrogen and oxygen atoms in total. The van der Waals surface area contributed by atoms with Gasteiger partial charge in [0.15, 0.2) is 0 Å². The number of nitrogens with zero attached hydrogens (tertiary/aromatic N) is 2. The van der Waals surface area contributed by atoms with Gasteiger partial charge in [-0.05, 0) is 18.3 Å². The Morgan fingerprint density at radius 1 is 1.45 bits per heavy atom. The van der Waals surface area contributed by atoms with Crippen molar-refractivity contribution in [3.63, 3.8) is 0 Å². The second kappa shape index (κ2) is 4.33. The summed E-state index contributed by atoms with van der Waals surface area (Å²) in [5.41, 5.74) is -0.445. The Balaban J connectivity index is 1.79. The maximum Gasteiger partial charge on any atom is 0.307 e. The molecule has 0 bridgehead atoms. The Morgan fingerprint density at radius 2 is 2.20 bits per heavy atom. The van der Waals surface area contributed by atoms with Crippen LogP contribution >= 0.6 is 0 Å². The number of rotatable bonds is 3. The predicted octanol–water partition coefficient (Wildman–Crippen LogP) is 1.43. The van der Waals surface area contributed by atoms with Crippen LogP contribution in [0.3, 0.4) is 0 Å². The van der Waals surface area contributed by atoms with Crippen LogP contribution in [0.15, 0.2) is 12.4 Å². The molecule has 6 heteroatoms. The van der Waals surface area contributed by atoms with Gasteiger partial charge in [-0.3, -0.25) is 9.59 Å². The van der Waals surface area contributed by atoms with Crippen LogP contribution < -0.4 is 0 Å². The van der Waals surface area contributed by atoms with E-state index in [4.69, 9.17) is 0 Å². The first-order valence-electron chi connectivity index (χ1n) is 6.97. The third kappa shape index (κ3) is 1.82. The molecule has 2 heterocycles. The zero-order valence-electron chi connectivity index (χ0n) is 11.7. The minimum absolute atomic E-state index is 0.0386. The van der Waals surface area contributed by atoms with Crippen molar-refractivity contribution in [3.05, 3.63) is 18.2 Å². The number of aromatic nitrogens is 2. The van der Waals surface area contributed by atoms with Crippen molar-refractivity contribution in [3.8, 4) is 0 Å². The smallest absolute Gasteiger partial charge is 0.307 e. The molecule has 20 heavy (non-hydrogen) atoms. The van der Waals surface area contributed by atoms with E-state index in [1.807, 2.05) is 13.8 Å². The molecule has 1 saturated heterocycles. The van der Waals surface area contributed by atoms with Crippen LogP contribution in [-0.4, -0.2) is 38.4 Å². The highest BCUT2D eigenvalue weighted by atomic mass is 16.4. The fourth-order valence-electron chi connectivity index (χ4n) is 3.51. The Labute approximate surface area is 117 Å². The molecule has 2 N–H and O–H groups in total. The number of carboxylic acids is 1. The van der Waals surface area contributed by atoms with E-state index in [0.29, 0.717) is 6.54 Å². The largest absolute Gasteiger partial charge is 0.481 e. The number of aromatic amines is 1. The maximum atomic E-state index is 12.7. The Kier molecular flexibility index (Phi) is 2.84. The van der Waals surface area contributed by atoms with Gasteiger partial charge in [0.05, 0.1) is 17.9 Å². The minimum Gasteiger partial charge on any atom is -0.481 e. The second-order valence-electron chi connectivity index (χ2n) is 6.28. The Hall–Kier alpha value is -1.85. The highest BCUT2D eigenvalue weighted by Gasteiger charge is 2.67. The van der Waals surface area contributed by atoms with Crippen molar-refractivity contribution in [2.45, 2.75) is 32.7 Å². The first kappa shape index (κ1) is 13.1. The fourth-order valence-corrected chi connectivity index (χ4v) is 3.51. The zero-order valence-corrected chi connectivity index (χ0v) is 11.7. The first-order valence-corrected chi connectivity index (χ1v) is 6.97. The lowest BCUT2D eigenvalue weighted by Gasteiger charge is -2.24. The molecule has 2 aliphatic rings. The molecular weight excluding hydrogens is 258 g/mol. The average Bonchev–Trinajstić information content (AvgIpc) is 2.87. The highest BCUT2D eigenvalue weighted by Crippen LogP contribution is 2.59. The minimum atomic E-state index is -0.873. The number of nitrogens with one attached hydrogen (secondary N) is 1. The van der Waals surface area contributed by atoms with Gasteiger partial charge in [-0.1, -0.05) is 13.8 Å². The molecule has 1 unspecified atom stereocenters. The lowest BCUT2D eigenvalue weighted by molar-refractivity contribution is -0.142. The SMILES string of the molecule is CC1(C)[C@H](C(=O)O)[C@@H]1C(=O)N1CCCC1c1ncc[nH]1. The van der Waals surface area contributed by atoms with E-state index in [0.717, 1.165) is 18.7 Å². The lowest BCUT2D eigenvalue weighted by atomic mass is 10.1. The number of hydrogen-bond acceptors (Lipinski definition) is 3. The number of imidazole rings is 1. The van der Waals surface area contributed by atoms with Gasteiger partial charge >= 0.3 is 5.97 Å². The van der Waals surface area contributed by atoms with Gasteiger partial charge in [-0.15, -0.1) is 0 Å². The molecule has 0 radical (unpaired) electrons. The molecular formula is C14H19N3O3. The normalized spacial score (nSPS) is 31.3. The second-order valence-corrected chi connectivity index (χ2v) is 6.28. The van der Waals surface area contributed by atoms with Crippen LogP contribution in [0.1, 0.15) is 38.6 Å². The number of H-pyrrole nitrogens is 1. The van der Waals surface area contributed by atoms with Crippen molar-refractivity contribution in [2.24, 2.45) is 17.3 Å². The maximum absolute atomic E-state index is 12.7. The molecule has 3 rings (SSSR count). The topological polar surface area (TPSA) is 86.3 Å². The number of amides is 1. The number of carbonyl (C=O) groups excluding carboxylic acids is 1. The van der Waals surface area contributed by atoms with E-state index < -0.39 is 23.2 Å². The number of carboxylic acid groups (broad SMARTS) is 1. The third-order valence-electron chi connectivity index (χ3n) is 4.73. The van der Waals surface area contributed by atoms with Crippen LogP contribution in [0, 0.1) is 17.3 Å². The molecule has 108 valence electrons. The van der Waals surface area contributed by atoms with Crippen molar-refractivity contribution < 1.29 is 14.7 Å². The van der Waals surface area contributed by atoms with Crippen molar-refractivity contribution in [2.75, 3.05) is 6.54 Å². The molecule has 0 aromatic carbocycles. The van der Waals surface area contributed by atoms with Gasteiger partial charge in [-0.2, -0.15) is 0 Å². The van der Waals surface area contributed by atoms with Crippen LogP contribution in [0.4, 0.5) is 0 Å². The standard InChI is InChI=1S/C14H19N3O3/c1-14(2)9(10(14)13(19)20)12(18)17-7-3-4-8(17)11-15-5-6-16-11/h5-6,8-10H,3-4,7H2,1-2H3,(H,15,16)(H,19,20)/t8?,9-,10+/m1/s1. The van der Waals surface area contributed by atoms with Crippen LogP contribution in [0.2, 0.25) is 0 Å². The third-order valence-corrected chi connectivity index (χ3v) is 4.73. The van der Waals surface area contributed by atoms with E-state index in [1.165, 1.54) is 0 Å². The van der Waals surface area contributed by atoms with Gasteiger partial charge in [-0.25, -0.2) is 4.98 Å². The number of likely N-dealkylation sites (tertiary alicyclic amines) is 1. The van der Waals surface area contributed by atoms with E-state index >= 15 is 0 Å². The zero-order chi connectivity index (χ0) is 14.5. The summed E-state index contributed by atoms with van der Waals surface area (Å²) in [5, 5.41) is 9.21. The van der Waals surface area contributed by atoms with Crippen LogP contribution in [-0.2, 0) is 9.59 Å². The molecule has 3 atom stereocenters. The monoisotopic (exact) mass is 277 g/mol. The molecule has 2 fully saturated rings. The summed E-state index contributed by atoms with van der Waals surface area (Å²) in [4.78, 5) is 33.0. The quantitative estimate of drug-likeness (QED) is 0.875. The molecule has 1 amide bonds. The van der Waals surface area contributed by atoms with Gasteiger partial charge in [0.25, 0.3) is 0 Å². The Morgan fingerprint density at radius 3 is 2.75 bits per heavy atom. The number of carbonyl (C=O) groups is 2. The van der Waals surface area contributed by atoms with Gasteiger partial charge in [0, 0.05) is 18.9 Å². The summed E-state index contributed by atoms with van der Waals surface area (Å²) in [6, 6.07) is -0.0386. The van der Waals surface area contributed by atoms with E-state index in [9.17, 15) is 14.7 Å². The molecule has 1 aromatic heterocycles. The van der Waals surface area contributed by atoms with Gasteiger partial charge in [0.2, 0.25) is 5.91 Å². The highest BCUT2D eigenvalue weighted by molar-refractivity contribution is 5.92.